The van der Waals surface area contributed by atoms with E-state index in [9.17, 15) is 9.90 Å². The molecular formula is C12H22O3. The largest absolute Gasteiger partial charge is 0.481 e. The molecule has 0 aliphatic carbocycles. The normalized spacial score (nSPS) is 18.8. The van der Waals surface area contributed by atoms with E-state index < -0.39 is 17.5 Å². The molecule has 0 aliphatic heterocycles. The fourth-order valence-electron chi connectivity index (χ4n) is 0.890. The highest BCUT2D eigenvalue weighted by Crippen LogP contribution is 2.32. The molecule has 0 aromatic heterocycles. The third kappa shape index (κ3) is 4.47. The minimum Gasteiger partial charge on any atom is -0.481 e. The van der Waals surface area contributed by atoms with E-state index in [0.29, 0.717) is 6.42 Å². The molecule has 88 valence electrons. The van der Waals surface area contributed by atoms with Gasteiger partial charge in [0, 0.05) is 0 Å². The van der Waals surface area contributed by atoms with Crippen molar-refractivity contribution in [3.63, 3.8) is 0 Å². The lowest BCUT2D eigenvalue weighted by Crippen LogP contribution is -2.39. The molecule has 0 saturated heterocycles. The Kier molecular flexibility index (Phi) is 4.53. The van der Waals surface area contributed by atoms with E-state index in [1.54, 1.807) is 26.0 Å². The molecule has 0 unspecified atom stereocenters. The summed E-state index contributed by atoms with van der Waals surface area (Å²) in [6.45, 7) is 9.26. The van der Waals surface area contributed by atoms with E-state index >= 15 is 0 Å². The first kappa shape index (κ1) is 14.2. The van der Waals surface area contributed by atoms with Crippen molar-refractivity contribution in [1.82, 2.24) is 0 Å². The van der Waals surface area contributed by atoms with E-state index in [4.69, 9.17) is 5.11 Å². The van der Waals surface area contributed by atoms with Gasteiger partial charge < -0.3 is 10.2 Å². The summed E-state index contributed by atoms with van der Waals surface area (Å²) >= 11 is 0. The molecule has 3 nitrogen and oxygen atoms in total. The Morgan fingerprint density at radius 1 is 1.33 bits per heavy atom. The second-order valence-electron chi connectivity index (χ2n) is 5.28. The van der Waals surface area contributed by atoms with E-state index in [1.165, 1.54) is 0 Å². The van der Waals surface area contributed by atoms with Gasteiger partial charge in [-0.15, -0.1) is 0 Å². The first-order valence-electron chi connectivity index (χ1n) is 5.20. The molecule has 2 atom stereocenters. The quantitative estimate of drug-likeness (QED) is 0.707. The molecule has 2 N–H and O–H groups in total. The number of carboxylic acids is 1. The van der Waals surface area contributed by atoms with Crippen LogP contribution in [0, 0.1) is 11.3 Å². The lowest BCUT2D eigenvalue weighted by molar-refractivity contribution is -0.139. The molecule has 0 heterocycles. The first-order valence-corrected chi connectivity index (χ1v) is 5.20. The van der Waals surface area contributed by atoms with Gasteiger partial charge in [-0.2, -0.15) is 0 Å². The highest BCUT2D eigenvalue weighted by molar-refractivity contribution is 5.71. The van der Waals surface area contributed by atoms with Crippen molar-refractivity contribution in [3.05, 3.63) is 12.2 Å². The number of hydrogen-bond acceptors (Lipinski definition) is 2. The lowest BCUT2D eigenvalue weighted by atomic mass is 9.76. The van der Waals surface area contributed by atoms with E-state index in [1.807, 2.05) is 20.8 Å². The van der Waals surface area contributed by atoms with Crippen molar-refractivity contribution >= 4 is 5.97 Å². The van der Waals surface area contributed by atoms with Gasteiger partial charge in [-0.1, -0.05) is 32.9 Å². The molecule has 0 fully saturated rings. The van der Waals surface area contributed by atoms with Crippen LogP contribution in [0.4, 0.5) is 0 Å². The molecule has 15 heavy (non-hydrogen) atoms. The topological polar surface area (TPSA) is 57.5 Å². The predicted octanol–water partition coefficient (Wildman–Crippen LogP) is 2.45. The van der Waals surface area contributed by atoms with Gasteiger partial charge in [-0.05, 0) is 25.7 Å². The summed E-state index contributed by atoms with van der Waals surface area (Å²) in [4.78, 5) is 10.5. The van der Waals surface area contributed by atoms with Crippen LogP contribution in [0.2, 0.25) is 0 Å². The number of rotatable bonds is 4. The molecule has 0 radical (unpaired) electrons. The van der Waals surface area contributed by atoms with Gasteiger partial charge in [-0.3, -0.25) is 4.79 Å². The highest BCUT2D eigenvalue weighted by Gasteiger charge is 2.33. The van der Waals surface area contributed by atoms with Gasteiger partial charge in [0.15, 0.2) is 0 Å². The molecule has 0 saturated carbocycles. The Hall–Kier alpha value is -0.830. The average Bonchev–Trinajstić information content (AvgIpc) is 2.01. The average molecular weight is 214 g/mol. The molecule has 0 aromatic rings. The Balaban J connectivity index is 4.33. The molecule has 0 rings (SSSR count). The number of hydrogen-bond donors (Lipinski definition) is 2. The van der Waals surface area contributed by atoms with Crippen molar-refractivity contribution in [2.24, 2.45) is 11.3 Å². The van der Waals surface area contributed by atoms with Crippen LogP contribution in [0.15, 0.2) is 12.2 Å². The van der Waals surface area contributed by atoms with Gasteiger partial charge in [0.2, 0.25) is 0 Å². The number of carbonyl (C=O) groups is 1. The molecule has 0 amide bonds. The van der Waals surface area contributed by atoms with Crippen LogP contribution < -0.4 is 0 Å². The van der Waals surface area contributed by atoms with Crippen LogP contribution in [0.25, 0.3) is 0 Å². The summed E-state index contributed by atoms with van der Waals surface area (Å²) in [7, 11) is 0. The van der Waals surface area contributed by atoms with Crippen molar-refractivity contribution < 1.29 is 15.0 Å². The maximum atomic E-state index is 10.5. The second kappa shape index (κ2) is 4.79. The first-order chi connectivity index (χ1) is 6.58. The summed E-state index contributed by atoms with van der Waals surface area (Å²) in [5, 5.41) is 18.8. The predicted molar refractivity (Wildman–Crippen MR) is 60.6 cm³/mol. The Morgan fingerprint density at radius 2 is 1.80 bits per heavy atom. The Morgan fingerprint density at radius 3 is 2.13 bits per heavy atom. The standard InChI is InChI=1S/C12H22O3/c1-9(10(13)14)7-6-8-12(5,15)11(2,3)4/h6-7,9,15H,8H2,1-5H3,(H,13,14)/b7-6+/t9-,12-/m0/s1. The number of aliphatic hydroxyl groups is 1. The zero-order valence-corrected chi connectivity index (χ0v) is 10.2. The van der Waals surface area contributed by atoms with Crippen LogP contribution in [0.5, 0.6) is 0 Å². The van der Waals surface area contributed by atoms with Crippen molar-refractivity contribution in [2.45, 2.75) is 46.6 Å². The Bertz CT molecular complexity index is 246. The maximum absolute atomic E-state index is 10.5. The van der Waals surface area contributed by atoms with Crippen LogP contribution in [-0.2, 0) is 4.79 Å². The fraction of sp³-hybridized carbons (Fsp3) is 0.750. The maximum Gasteiger partial charge on any atom is 0.310 e. The molecule has 0 bridgehead atoms. The van der Waals surface area contributed by atoms with Crippen molar-refractivity contribution in [2.75, 3.05) is 0 Å². The molecule has 3 heteroatoms. The summed E-state index contributed by atoms with van der Waals surface area (Å²) in [6, 6.07) is 0. The molecule has 0 aromatic carbocycles. The smallest absolute Gasteiger partial charge is 0.310 e. The number of carboxylic acid groups (broad SMARTS) is 1. The van der Waals surface area contributed by atoms with Crippen LogP contribution in [-0.4, -0.2) is 21.8 Å². The van der Waals surface area contributed by atoms with Crippen LogP contribution in [0.3, 0.4) is 0 Å². The van der Waals surface area contributed by atoms with Crippen LogP contribution >= 0.6 is 0 Å². The SMILES string of the molecule is C[C@@H](/C=C/C[C@](C)(O)C(C)(C)C)C(=O)O. The van der Waals surface area contributed by atoms with E-state index in [0.717, 1.165) is 0 Å². The summed E-state index contributed by atoms with van der Waals surface area (Å²) in [5.41, 5.74) is -1.04. The van der Waals surface area contributed by atoms with E-state index in [2.05, 4.69) is 0 Å². The lowest BCUT2D eigenvalue weighted by Gasteiger charge is -2.36. The summed E-state index contributed by atoms with van der Waals surface area (Å²) in [5.74, 6) is -1.34. The fourth-order valence-corrected chi connectivity index (χ4v) is 0.890. The van der Waals surface area contributed by atoms with E-state index in [-0.39, 0.29) is 5.41 Å². The van der Waals surface area contributed by atoms with Gasteiger partial charge in [0.1, 0.15) is 0 Å². The minimum absolute atomic E-state index is 0.218. The van der Waals surface area contributed by atoms with Crippen LogP contribution in [0.1, 0.15) is 41.0 Å². The summed E-state index contributed by atoms with van der Waals surface area (Å²) in [6.07, 6.45) is 3.82. The molecule has 0 spiro atoms. The Labute approximate surface area is 91.8 Å². The highest BCUT2D eigenvalue weighted by atomic mass is 16.4. The zero-order valence-electron chi connectivity index (χ0n) is 10.2. The third-order valence-corrected chi connectivity index (χ3v) is 2.95. The summed E-state index contributed by atoms with van der Waals surface area (Å²) < 4.78 is 0. The van der Waals surface area contributed by atoms with Gasteiger partial charge >= 0.3 is 5.97 Å². The van der Waals surface area contributed by atoms with Gasteiger partial charge in [0.25, 0.3) is 0 Å². The monoisotopic (exact) mass is 214 g/mol. The second-order valence-corrected chi connectivity index (χ2v) is 5.28. The molecular weight excluding hydrogens is 192 g/mol. The number of aliphatic carboxylic acids is 1. The molecule has 0 aliphatic rings. The van der Waals surface area contributed by atoms with Crippen molar-refractivity contribution in [3.8, 4) is 0 Å². The van der Waals surface area contributed by atoms with Gasteiger partial charge in [0.05, 0.1) is 11.5 Å². The third-order valence-electron chi connectivity index (χ3n) is 2.95. The zero-order chi connectivity index (χ0) is 12.3. The van der Waals surface area contributed by atoms with Crippen molar-refractivity contribution in [1.29, 1.82) is 0 Å². The minimum atomic E-state index is -0.846. The van der Waals surface area contributed by atoms with Gasteiger partial charge in [-0.25, -0.2) is 0 Å².